The van der Waals surface area contributed by atoms with Gasteiger partial charge in [-0.05, 0) is 36.8 Å². The fraction of sp³-hybridized carbons (Fsp3) is 0.158. The molecule has 0 fully saturated rings. The van der Waals surface area contributed by atoms with E-state index in [-0.39, 0.29) is 11.7 Å². The SMILES string of the molecule is CCCOC(=O)c1cccc(NC(=O)c2cc3ccccc3o2)c1. The Hall–Kier alpha value is -3.08. The highest BCUT2D eigenvalue weighted by atomic mass is 16.5. The molecule has 122 valence electrons. The van der Waals surface area contributed by atoms with E-state index in [2.05, 4.69) is 5.32 Å². The van der Waals surface area contributed by atoms with Gasteiger partial charge in [0.25, 0.3) is 5.91 Å². The van der Waals surface area contributed by atoms with Crippen LogP contribution in [0.5, 0.6) is 0 Å². The summed E-state index contributed by atoms with van der Waals surface area (Å²) in [5.41, 5.74) is 1.55. The second kappa shape index (κ2) is 7.00. The summed E-state index contributed by atoms with van der Waals surface area (Å²) in [5.74, 6) is -0.558. The topological polar surface area (TPSA) is 68.5 Å². The minimum Gasteiger partial charge on any atom is -0.462 e. The number of fused-ring (bicyclic) bond motifs is 1. The third kappa shape index (κ3) is 3.46. The zero-order valence-corrected chi connectivity index (χ0v) is 13.2. The number of hydrogen-bond donors (Lipinski definition) is 1. The Morgan fingerprint density at radius 2 is 1.92 bits per heavy atom. The van der Waals surface area contributed by atoms with Gasteiger partial charge in [-0.2, -0.15) is 0 Å². The van der Waals surface area contributed by atoms with E-state index in [1.165, 1.54) is 0 Å². The first kappa shape index (κ1) is 15.8. The quantitative estimate of drug-likeness (QED) is 0.713. The normalized spacial score (nSPS) is 10.5. The minimum absolute atomic E-state index is 0.218. The lowest BCUT2D eigenvalue weighted by molar-refractivity contribution is 0.0505. The Bertz CT molecular complexity index is 849. The van der Waals surface area contributed by atoms with Crippen LogP contribution in [-0.4, -0.2) is 18.5 Å². The number of furan rings is 1. The van der Waals surface area contributed by atoms with Gasteiger partial charge in [-0.1, -0.05) is 31.2 Å². The van der Waals surface area contributed by atoms with Crippen molar-refractivity contribution >= 4 is 28.5 Å². The first-order chi connectivity index (χ1) is 11.7. The fourth-order valence-electron chi connectivity index (χ4n) is 2.29. The number of amides is 1. The van der Waals surface area contributed by atoms with Crippen molar-refractivity contribution in [2.24, 2.45) is 0 Å². The van der Waals surface area contributed by atoms with Crippen LogP contribution >= 0.6 is 0 Å². The van der Waals surface area contributed by atoms with Crippen LogP contribution in [0, 0.1) is 0 Å². The molecule has 3 aromatic rings. The summed E-state index contributed by atoms with van der Waals surface area (Å²) in [6.45, 7) is 2.30. The van der Waals surface area contributed by atoms with Crippen LogP contribution in [0.25, 0.3) is 11.0 Å². The van der Waals surface area contributed by atoms with Crippen LogP contribution in [0.3, 0.4) is 0 Å². The van der Waals surface area contributed by atoms with Gasteiger partial charge in [-0.3, -0.25) is 4.79 Å². The number of hydrogen-bond acceptors (Lipinski definition) is 4. The van der Waals surface area contributed by atoms with Crippen LogP contribution in [0.15, 0.2) is 59.0 Å². The van der Waals surface area contributed by atoms with E-state index in [0.717, 1.165) is 11.8 Å². The molecule has 0 saturated carbocycles. The molecule has 0 spiro atoms. The molecule has 0 saturated heterocycles. The van der Waals surface area contributed by atoms with Gasteiger partial charge in [0.15, 0.2) is 5.76 Å². The summed E-state index contributed by atoms with van der Waals surface area (Å²) in [4.78, 5) is 24.2. The fourth-order valence-corrected chi connectivity index (χ4v) is 2.29. The average molecular weight is 323 g/mol. The number of para-hydroxylation sites is 1. The standard InChI is InChI=1S/C19H17NO4/c1-2-10-23-19(22)14-7-5-8-15(11-14)20-18(21)17-12-13-6-3-4-9-16(13)24-17/h3-9,11-12H,2,10H2,1H3,(H,20,21). The van der Waals surface area contributed by atoms with Gasteiger partial charge in [0, 0.05) is 11.1 Å². The Balaban J connectivity index is 1.75. The van der Waals surface area contributed by atoms with E-state index in [1.807, 2.05) is 25.1 Å². The summed E-state index contributed by atoms with van der Waals surface area (Å²) in [6, 6.07) is 15.7. The zero-order chi connectivity index (χ0) is 16.9. The second-order valence-electron chi connectivity index (χ2n) is 5.32. The molecule has 1 aromatic heterocycles. The molecular formula is C19H17NO4. The molecule has 0 radical (unpaired) electrons. The molecule has 5 nitrogen and oxygen atoms in total. The molecule has 1 N–H and O–H groups in total. The maximum atomic E-state index is 12.3. The number of nitrogens with one attached hydrogen (secondary N) is 1. The zero-order valence-electron chi connectivity index (χ0n) is 13.2. The molecule has 0 bridgehead atoms. The van der Waals surface area contributed by atoms with Crippen LogP contribution in [0.2, 0.25) is 0 Å². The van der Waals surface area contributed by atoms with Gasteiger partial charge in [-0.15, -0.1) is 0 Å². The van der Waals surface area contributed by atoms with E-state index in [1.54, 1.807) is 36.4 Å². The van der Waals surface area contributed by atoms with Crippen molar-refractivity contribution in [3.8, 4) is 0 Å². The van der Waals surface area contributed by atoms with Crippen molar-refractivity contribution < 1.29 is 18.7 Å². The second-order valence-corrected chi connectivity index (χ2v) is 5.32. The van der Waals surface area contributed by atoms with Crippen LogP contribution in [-0.2, 0) is 4.74 Å². The lowest BCUT2D eigenvalue weighted by Crippen LogP contribution is -2.12. The summed E-state index contributed by atoms with van der Waals surface area (Å²) in [6.07, 6.45) is 0.758. The maximum Gasteiger partial charge on any atom is 0.338 e. The Morgan fingerprint density at radius 3 is 2.71 bits per heavy atom. The number of carbonyl (C=O) groups excluding carboxylic acids is 2. The first-order valence-corrected chi connectivity index (χ1v) is 7.74. The molecular weight excluding hydrogens is 306 g/mol. The molecule has 0 unspecified atom stereocenters. The average Bonchev–Trinajstić information content (AvgIpc) is 3.04. The molecule has 2 aromatic carbocycles. The first-order valence-electron chi connectivity index (χ1n) is 7.74. The number of ether oxygens (including phenoxy) is 1. The van der Waals surface area contributed by atoms with Crippen LogP contribution in [0.1, 0.15) is 34.3 Å². The minimum atomic E-state index is -0.406. The van der Waals surface area contributed by atoms with E-state index < -0.39 is 5.97 Å². The van der Waals surface area contributed by atoms with Crippen molar-refractivity contribution in [2.75, 3.05) is 11.9 Å². The van der Waals surface area contributed by atoms with E-state index in [9.17, 15) is 9.59 Å². The van der Waals surface area contributed by atoms with Gasteiger partial charge in [0.1, 0.15) is 5.58 Å². The molecule has 0 aliphatic rings. The molecule has 0 aliphatic heterocycles. The molecule has 0 aliphatic carbocycles. The molecule has 5 heteroatoms. The highest BCUT2D eigenvalue weighted by Gasteiger charge is 2.13. The highest BCUT2D eigenvalue weighted by molar-refractivity contribution is 6.05. The van der Waals surface area contributed by atoms with Gasteiger partial charge in [-0.25, -0.2) is 4.79 Å². The number of anilines is 1. The number of esters is 1. The van der Waals surface area contributed by atoms with E-state index >= 15 is 0 Å². The Morgan fingerprint density at radius 1 is 1.08 bits per heavy atom. The summed E-state index contributed by atoms with van der Waals surface area (Å²) >= 11 is 0. The third-order valence-corrected chi connectivity index (χ3v) is 3.44. The van der Waals surface area contributed by atoms with E-state index in [4.69, 9.17) is 9.15 Å². The number of rotatable bonds is 5. The summed E-state index contributed by atoms with van der Waals surface area (Å²) in [5, 5.41) is 3.59. The molecule has 1 heterocycles. The molecule has 24 heavy (non-hydrogen) atoms. The van der Waals surface area contributed by atoms with E-state index in [0.29, 0.717) is 23.4 Å². The maximum absolute atomic E-state index is 12.3. The summed E-state index contributed by atoms with van der Waals surface area (Å²) < 4.78 is 10.6. The van der Waals surface area contributed by atoms with Crippen LogP contribution in [0.4, 0.5) is 5.69 Å². The Kier molecular flexibility index (Phi) is 4.61. The predicted octanol–water partition coefficient (Wildman–Crippen LogP) is 4.25. The van der Waals surface area contributed by atoms with Crippen molar-refractivity contribution in [1.82, 2.24) is 0 Å². The predicted molar refractivity (Wildman–Crippen MR) is 91.2 cm³/mol. The van der Waals surface area contributed by atoms with Gasteiger partial charge in [0.2, 0.25) is 0 Å². The molecule has 0 atom stereocenters. The lowest BCUT2D eigenvalue weighted by Gasteiger charge is -2.06. The third-order valence-electron chi connectivity index (χ3n) is 3.44. The Labute approximate surface area is 139 Å². The molecule has 3 rings (SSSR count). The van der Waals surface area contributed by atoms with Gasteiger partial charge in [0.05, 0.1) is 12.2 Å². The smallest absolute Gasteiger partial charge is 0.338 e. The van der Waals surface area contributed by atoms with Crippen LogP contribution < -0.4 is 5.32 Å². The summed E-state index contributed by atoms with van der Waals surface area (Å²) in [7, 11) is 0. The van der Waals surface area contributed by atoms with Gasteiger partial charge < -0.3 is 14.5 Å². The highest BCUT2D eigenvalue weighted by Crippen LogP contribution is 2.20. The lowest BCUT2D eigenvalue weighted by atomic mass is 10.2. The largest absolute Gasteiger partial charge is 0.462 e. The van der Waals surface area contributed by atoms with Crippen molar-refractivity contribution in [3.63, 3.8) is 0 Å². The number of benzene rings is 2. The van der Waals surface area contributed by atoms with Gasteiger partial charge >= 0.3 is 5.97 Å². The van der Waals surface area contributed by atoms with Crippen molar-refractivity contribution in [2.45, 2.75) is 13.3 Å². The monoisotopic (exact) mass is 323 g/mol. The molecule has 1 amide bonds. The van der Waals surface area contributed by atoms with Crippen molar-refractivity contribution in [3.05, 3.63) is 65.9 Å². The number of carbonyl (C=O) groups is 2. The van der Waals surface area contributed by atoms with Crippen molar-refractivity contribution in [1.29, 1.82) is 0 Å².